The molecule has 1 aromatic rings. The molecule has 0 atom stereocenters. The highest BCUT2D eigenvalue weighted by Crippen LogP contribution is 2.05. The molecule has 2 heterocycles. The zero-order valence-corrected chi connectivity index (χ0v) is 12.3. The Morgan fingerprint density at radius 3 is 2.65 bits per heavy atom. The number of aryl methyl sites for hydroxylation is 1. The van der Waals surface area contributed by atoms with Gasteiger partial charge in [0.25, 0.3) is 11.5 Å². The van der Waals surface area contributed by atoms with Crippen LogP contribution in [0.2, 0.25) is 0 Å². The number of hydrogen-bond donors (Lipinski definition) is 1. The van der Waals surface area contributed by atoms with Gasteiger partial charge in [-0.2, -0.15) is 0 Å². The average Bonchev–Trinajstić information content (AvgIpc) is 2.47. The van der Waals surface area contributed by atoms with Crippen molar-refractivity contribution >= 4 is 5.91 Å². The van der Waals surface area contributed by atoms with E-state index in [0.717, 1.165) is 31.6 Å². The Labute approximate surface area is 119 Å². The summed E-state index contributed by atoms with van der Waals surface area (Å²) in [6, 6.07) is 3.54. The molecule has 0 aromatic carbocycles. The van der Waals surface area contributed by atoms with E-state index in [1.165, 1.54) is 0 Å². The van der Waals surface area contributed by atoms with E-state index in [1.807, 2.05) is 13.0 Å². The minimum atomic E-state index is -0.151. The topological polar surface area (TPSA) is 54.3 Å². The molecule has 0 radical (unpaired) electrons. The van der Waals surface area contributed by atoms with Crippen LogP contribution in [0.5, 0.6) is 0 Å². The lowest BCUT2D eigenvalue weighted by atomic mass is 10.2. The molecule has 5 nitrogen and oxygen atoms in total. The van der Waals surface area contributed by atoms with E-state index < -0.39 is 0 Å². The lowest BCUT2D eigenvalue weighted by Crippen LogP contribution is -2.48. The van der Waals surface area contributed by atoms with Crippen LogP contribution in [0.4, 0.5) is 0 Å². The molecular weight excluding hydrogens is 254 g/mol. The number of nitrogens with one attached hydrogen (secondary N) is 1. The van der Waals surface area contributed by atoms with Gasteiger partial charge in [-0.05, 0) is 25.5 Å². The SMILES string of the molecule is CCCCn1c(C)ccc(C(=O)N2CCNCC2)c1=O. The summed E-state index contributed by atoms with van der Waals surface area (Å²) in [4.78, 5) is 26.7. The van der Waals surface area contributed by atoms with Crippen LogP contribution >= 0.6 is 0 Å². The Hall–Kier alpha value is -1.62. The number of hydrogen-bond acceptors (Lipinski definition) is 3. The number of aromatic nitrogens is 1. The van der Waals surface area contributed by atoms with E-state index in [4.69, 9.17) is 0 Å². The van der Waals surface area contributed by atoms with E-state index >= 15 is 0 Å². The molecule has 2 rings (SSSR count). The summed E-state index contributed by atoms with van der Waals surface area (Å²) in [5.41, 5.74) is 1.07. The monoisotopic (exact) mass is 277 g/mol. The third-order valence-electron chi connectivity index (χ3n) is 3.76. The predicted molar refractivity (Wildman–Crippen MR) is 79.1 cm³/mol. The van der Waals surface area contributed by atoms with Crippen LogP contribution in [0.1, 0.15) is 35.8 Å². The van der Waals surface area contributed by atoms with E-state index in [1.54, 1.807) is 15.5 Å². The summed E-state index contributed by atoms with van der Waals surface area (Å²) >= 11 is 0. The van der Waals surface area contributed by atoms with Gasteiger partial charge >= 0.3 is 0 Å². The molecule has 1 saturated heterocycles. The highest BCUT2D eigenvalue weighted by molar-refractivity contribution is 5.94. The summed E-state index contributed by atoms with van der Waals surface area (Å²) in [6.45, 7) is 7.61. The standard InChI is InChI=1S/C15H23N3O2/c1-3-4-9-18-12(2)5-6-13(15(18)20)14(19)17-10-7-16-8-11-17/h5-6,16H,3-4,7-11H2,1-2H3. The van der Waals surface area contributed by atoms with Gasteiger partial charge in [0.2, 0.25) is 0 Å². The van der Waals surface area contributed by atoms with Gasteiger partial charge in [-0.15, -0.1) is 0 Å². The molecule has 0 spiro atoms. The van der Waals surface area contributed by atoms with Crippen molar-refractivity contribution in [1.82, 2.24) is 14.8 Å². The average molecular weight is 277 g/mol. The Morgan fingerprint density at radius 1 is 1.30 bits per heavy atom. The fourth-order valence-corrected chi connectivity index (χ4v) is 2.47. The lowest BCUT2D eigenvalue weighted by Gasteiger charge is -2.27. The largest absolute Gasteiger partial charge is 0.336 e. The van der Waals surface area contributed by atoms with Crippen LogP contribution < -0.4 is 10.9 Å². The van der Waals surface area contributed by atoms with Gasteiger partial charge in [0.15, 0.2) is 0 Å². The number of carbonyl (C=O) groups is 1. The second kappa shape index (κ2) is 6.70. The summed E-state index contributed by atoms with van der Waals surface area (Å²) < 4.78 is 1.72. The summed E-state index contributed by atoms with van der Waals surface area (Å²) in [5, 5.41) is 3.21. The first-order chi connectivity index (χ1) is 9.65. The molecule has 1 aliphatic heterocycles. The molecular formula is C15H23N3O2. The first-order valence-corrected chi connectivity index (χ1v) is 7.35. The van der Waals surface area contributed by atoms with Crippen molar-refractivity contribution in [2.75, 3.05) is 26.2 Å². The van der Waals surface area contributed by atoms with Crippen molar-refractivity contribution in [2.24, 2.45) is 0 Å². The minimum absolute atomic E-state index is 0.137. The highest BCUT2D eigenvalue weighted by Gasteiger charge is 2.21. The van der Waals surface area contributed by atoms with Gasteiger partial charge in [-0.25, -0.2) is 0 Å². The van der Waals surface area contributed by atoms with Crippen molar-refractivity contribution in [1.29, 1.82) is 0 Å². The van der Waals surface area contributed by atoms with Gasteiger partial charge in [0, 0.05) is 38.4 Å². The molecule has 1 aliphatic rings. The second-order valence-corrected chi connectivity index (χ2v) is 5.24. The number of amides is 1. The maximum Gasteiger partial charge on any atom is 0.263 e. The summed E-state index contributed by atoms with van der Waals surface area (Å²) in [7, 11) is 0. The molecule has 1 aromatic heterocycles. The van der Waals surface area contributed by atoms with Gasteiger partial charge in [-0.3, -0.25) is 9.59 Å². The van der Waals surface area contributed by atoms with E-state index in [2.05, 4.69) is 12.2 Å². The molecule has 5 heteroatoms. The Bertz CT molecular complexity index is 530. The molecule has 1 amide bonds. The molecule has 1 N–H and O–H groups in total. The Morgan fingerprint density at radius 2 is 2.00 bits per heavy atom. The number of rotatable bonds is 4. The molecule has 0 saturated carbocycles. The quantitative estimate of drug-likeness (QED) is 0.893. The van der Waals surface area contributed by atoms with Crippen molar-refractivity contribution < 1.29 is 4.79 Å². The van der Waals surface area contributed by atoms with Crippen LogP contribution in [0.3, 0.4) is 0 Å². The Kier molecular flexibility index (Phi) is 4.95. The van der Waals surface area contributed by atoms with Crippen LogP contribution in [0, 0.1) is 6.92 Å². The molecule has 110 valence electrons. The number of pyridine rings is 1. The van der Waals surface area contributed by atoms with E-state index in [-0.39, 0.29) is 11.5 Å². The molecule has 0 unspecified atom stereocenters. The molecule has 1 fully saturated rings. The van der Waals surface area contributed by atoms with Gasteiger partial charge in [0.05, 0.1) is 0 Å². The fourth-order valence-electron chi connectivity index (χ4n) is 2.47. The third kappa shape index (κ3) is 3.10. The summed E-state index contributed by atoms with van der Waals surface area (Å²) in [6.07, 6.45) is 1.98. The van der Waals surface area contributed by atoms with Gasteiger partial charge in [-0.1, -0.05) is 13.3 Å². The van der Waals surface area contributed by atoms with Crippen molar-refractivity contribution in [3.63, 3.8) is 0 Å². The first-order valence-electron chi connectivity index (χ1n) is 7.35. The second-order valence-electron chi connectivity index (χ2n) is 5.24. The van der Waals surface area contributed by atoms with Crippen molar-refractivity contribution in [3.8, 4) is 0 Å². The van der Waals surface area contributed by atoms with Crippen molar-refractivity contribution in [3.05, 3.63) is 33.7 Å². The predicted octanol–water partition coefficient (Wildman–Crippen LogP) is 1.00. The number of piperazine rings is 1. The van der Waals surface area contributed by atoms with Crippen LogP contribution in [-0.4, -0.2) is 41.6 Å². The first kappa shape index (κ1) is 14.8. The lowest BCUT2D eigenvalue weighted by molar-refractivity contribution is 0.0733. The van der Waals surface area contributed by atoms with Gasteiger partial charge < -0.3 is 14.8 Å². The number of carbonyl (C=O) groups excluding carboxylic acids is 1. The highest BCUT2D eigenvalue weighted by atomic mass is 16.2. The summed E-state index contributed by atoms with van der Waals surface area (Å²) in [5.74, 6) is -0.137. The number of nitrogens with zero attached hydrogens (tertiary/aromatic N) is 2. The van der Waals surface area contributed by atoms with E-state index in [9.17, 15) is 9.59 Å². The maximum atomic E-state index is 12.5. The Balaban J connectivity index is 2.27. The normalized spacial score (nSPS) is 15.4. The van der Waals surface area contributed by atoms with Crippen LogP contribution in [0.25, 0.3) is 0 Å². The van der Waals surface area contributed by atoms with Crippen LogP contribution in [0.15, 0.2) is 16.9 Å². The minimum Gasteiger partial charge on any atom is -0.336 e. The van der Waals surface area contributed by atoms with Crippen LogP contribution in [-0.2, 0) is 6.54 Å². The maximum absolute atomic E-state index is 12.5. The smallest absolute Gasteiger partial charge is 0.263 e. The van der Waals surface area contributed by atoms with Crippen molar-refractivity contribution in [2.45, 2.75) is 33.2 Å². The number of unbranched alkanes of at least 4 members (excludes halogenated alkanes) is 1. The van der Waals surface area contributed by atoms with E-state index in [0.29, 0.717) is 25.2 Å². The zero-order valence-electron chi connectivity index (χ0n) is 12.3. The molecule has 0 aliphatic carbocycles. The third-order valence-corrected chi connectivity index (χ3v) is 3.76. The van der Waals surface area contributed by atoms with Gasteiger partial charge in [0.1, 0.15) is 5.56 Å². The molecule has 0 bridgehead atoms. The zero-order chi connectivity index (χ0) is 14.5. The molecule has 20 heavy (non-hydrogen) atoms. The fraction of sp³-hybridized carbons (Fsp3) is 0.600.